The number of benzene rings is 1. The number of urea groups is 1. The van der Waals surface area contributed by atoms with Gasteiger partial charge in [-0.25, -0.2) is 4.79 Å². The average Bonchev–Trinajstić information content (AvgIpc) is 3.10. The molecular weight excluding hydrogens is 290 g/mol. The van der Waals surface area contributed by atoms with E-state index in [1.54, 1.807) is 11.1 Å². The second-order valence-electron chi connectivity index (χ2n) is 5.72. The topological polar surface area (TPSA) is 65.5 Å². The van der Waals surface area contributed by atoms with Gasteiger partial charge in [0.1, 0.15) is 0 Å². The molecule has 2 N–H and O–H groups in total. The minimum atomic E-state index is -0.301. The monoisotopic (exact) mass is 311 g/mol. The summed E-state index contributed by atoms with van der Waals surface area (Å²) in [6.45, 7) is 0.688. The van der Waals surface area contributed by atoms with E-state index in [4.69, 9.17) is 0 Å². The summed E-state index contributed by atoms with van der Waals surface area (Å²) >= 11 is 0. The third-order valence-electron chi connectivity index (χ3n) is 4.23. The fourth-order valence-corrected chi connectivity index (χ4v) is 3.02. The molecule has 1 aliphatic rings. The van der Waals surface area contributed by atoms with E-state index >= 15 is 0 Å². The number of hydrogen-bond acceptors (Lipinski definition) is 3. The highest BCUT2D eigenvalue weighted by Gasteiger charge is 2.30. The number of aliphatic hydroxyl groups is 1. The van der Waals surface area contributed by atoms with E-state index in [1.807, 2.05) is 48.5 Å². The summed E-state index contributed by atoms with van der Waals surface area (Å²) in [5.41, 5.74) is 1.78. The van der Waals surface area contributed by atoms with Crippen LogP contribution in [-0.2, 0) is 0 Å². The van der Waals surface area contributed by atoms with Gasteiger partial charge in [0, 0.05) is 12.7 Å². The van der Waals surface area contributed by atoms with E-state index in [0.717, 1.165) is 24.1 Å². The molecule has 3 rings (SSSR count). The number of aliphatic hydroxyl groups excluding tert-OH is 1. The van der Waals surface area contributed by atoms with Gasteiger partial charge in [0.15, 0.2) is 0 Å². The molecule has 1 aromatic carbocycles. The fraction of sp³-hybridized carbons (Fsp3) is 0.333. The maximum Gasteiger partial charge on any atom is 0.318 e. The lowest BCUT2D eigenvalue weighted by Crippen LogP contribution is -2.45. The first-order valence-electron chi connectivity index (χ1n) is 7.93. The first-order chi connectivity index (χ1) is 11.3. The molecule has 5 nitrogen and oxygen atoms in total. The largest absolute Gasteiger partial charge is 0.394 e. The summed E-state index contributed by atoms with van der Waals surface area (Å²) in [4.78, 5) is 18.8. The Bertz CT molecular complexity index is 594. The molecule has 0 radical (unpaired) electrons. The Labute approximate surface area is 136 Å². The van der Waals surface area contributed by atoms with Crippen molar-refractivity contribution in [3.63, 3.8) is 0 Å². The Morgan fingerprint density at radius 1 is 1.26 bits per heavy atom. The van der Waals surface area contributed by atoms with E-state index in [-0.39, 0.29) is 24.7 Å². The number of pyridine rings is 1. The highest BCUT2D eigenvalue weighted by molar-refractivity contribution is 5.76. The molecule has 2 amide bonds. The molecule has 0 spiro atoms. The molecule has 23 heavy (non-hydrogen) atoms. The normalized spacial score (nSPS) is 18.7. The first-order valence-corrected chi connectivity index (χ1v) is 7.93. The first kappa shape index (κ1) is 15.5. The van der Waals surface area contributed by atoms with Gasteiger partial charge in [-0.3, -0.25) is 4.98 Å². The minimum absolute atomic E-state index is 0.00695. The van der Waals surface area contributed by atoms with E-state index in [9.17, 15) is 9.90 Å². The van der Waals surface area contributed by atoms with Crippen LogP contribution in [0, 0.1) is 0 Å². The van der Waals surface area contributed by atoms with Crippen LogP contribution in [0.3, 0.4) is 0 Å². The van der Waals surface area contributed by atoms with Gasteiger partial charge in [-0.2, -0.15) is 0 Å². The van der Waals surface area contributed by atoms with Crippen molar-refractivity contribution in [1.82, 2.24) is 15.2 Å². The number of carbonyl (C=O) groups excluding carboxylic acids is 1. The van der Waals surface area contributed by atoms with Crippen LogP contribution in [0.4, 0.5) is 4.79 Å². The van der Waals surface area contributed by atoms with Crippen molar-refractivity contribution < 1.29 is 9.90 Å². The SMILES string of the molecule is O=C(NC(c1ccccc1)c1ccccn1)N1CCC[C@H]1CO. The Morgan fingerprint density at radius 2 is 2.04 bits per heavy atom. The Kier molecular flexibility index (Phi) is 4.88. The molecular formula is C18H21N3O2. The van der Waals surface area contributed by atoms with Crippen LogP contribution in [0.15, 0.2) is 54.7 Å². The second-order valence-corrected chi connectivity index (χ2v) is 5.72. The van der Waals surface area contributed by atoms with Gasteiger partial charge in [0.25, 0.3) is 0 Å². The molecule has 0 bridgehead atoms. The highest BCUT2D eigenvalue weighted by atomic mass is 16.3. The van der Waals surface area contributed by atoms with Crippen molar-refractivity contribution in [1.29, 1.82) is 0 Å². The molecule has 5 heteroatoms. The Hall–Kier alpha value is -2.40. The molecule has 0 saturated carbocycles. The highest BCUT2D eigenvalue weighted by Crippen LogP contribution is 2.22. The molecule has 1 aliphatic heterocycles. The van der Waals surface area contributed by atoms with Crippen LogP contribution < -0.4 is 5.32 Å². The van der Waals surface area contributed by atoms with Crippen molar-refractivity contribution in [3.8, 4) is 0 Å². The molecule has 2 aromatic rings. The van der Waals surface area contributed by atoms with E-state index in [1.165, 1.54) is 0 Å². The maximum atomic E-state index is 12.6. The zero-order valence-electron chi connectivity index (χ0n) is 12.9. The van der Waals surface area contributed by atoms with Gasteiger partial charge in [-0.1, -0.05) is 36.4 Å². The van der Waals surface area contributed by atoms with Gasteiger partial charge in [-0.15, -0.1) is 0 Å². The van der Waals surface area contributed by atoms with Crippen molar-refractivity contribution in [3.05, 3.63) is 66.0 Å². The van der Waals surface area contributed by atoms with Gasteiger partial charge < -0.3 is 15.3 Å². The van der Waals surface area contributed by atoms with Crippen molar-refractivity contribution in [2.75, 3.05) is 13.2 Å². The second kappa shape index (κ2) is 7.24. The zero-order chi connectivity index (χ0) is 16.1. The van der Waals surface area contributed by atoms with Crippen LogP contribution >= 0.6 is 0 Å². The number of amides is 2. The van der Waals surface area contributed by atoms with E-state index < -0.39 is 0 Å². The molecule has 1 saturated heterocycles. The predicted molar refractivity (Wildman–Crippen MR) is 87.9 cm³/mol. The van der Waals surface area contributed by atoms with Crippen LogP contribution in [-0.4, -0.2) is 40.2 Å². The summed E-state index contributed by atoms with van der Waals surface area (Å²) in [6.07, 6.45) is 3.51. The van der Waals surface area contributed by atoms with Crippen LogP contribution in [0.5, 0.6) is 0 Å². The van der Waals surface area contributed by atoms with Gasteiger partial charge in [0.05, 0.1) is 24.4 Å². The zero-order valence-corrected chi connectivity index (χ0v) is 12.9. The molecule has 120 valence electrons. The molecule has 1 unspecified atom stereocenters. The van der Waals surface area contributed by atoms with E-state index in [2.05, 4.69) is 10.3 Å². The van der Waals surface area contributed by atoms with Crippen molar-refractivity contribution in [2.45, 2.75) is 24.9 Å². The van der Waals surface area contributed by atoms with E-state index in [0.29, 0.717) is 6.54 Å². The molecule has 1 fully saturated rings. The van der Waals surface area contributed by atoms with Crippen LogP contribution in [0.2, 0.25) is 0 Å². The lowest BCUT2D eigenvalue weighted by Gasteiger charge is -2.27. The van der Waals surface area contributed by atoms with Gasteiger partial charge >= 0.3 is 6.03 Å². The van der Waals surface area contributed by atoms with Gasteiger partial charge in [-0.05, 0) is 30.5 Å². The minimum Gasteiger partial charge on any atom is -0.394 e. The van der Waals surface area contributed by atoms with Crippen molar-refractivity contribution in [2.24, 2.45) is 0 Å². The third kappa shape index (κ3) is 3.51. The summed E-state index contributed by atoms with van der Waals surface area (Å²) in [7, 11) is 0. The number of carbonyl (C=O) groups is 1. The molecule has 0 aliphatic carbocycles. The summed E-state index contributed by atoms with van der Waals surface area (Å²) in [5.74, 6) is 0. The third-order valence-corrected chi connectivity index (χ3v) is 4.23. The Balaban J connectivity index is 1.83. The number of nitrogens with zero attached hydrogens (tertiary/aromatic N) is 2. The number of aromatic nitrogens is 1. The van der Waals surface area contributed by atoms with Crippen LogP contribution in [0.25, 0.3) is 0 Å². The summed E-state index contributed by atoms with van der Waals surface area (Å²) in [6, 6.07) is 14.9. The predicted octanol–water partition coefficient (Wildman–Crippen LogP) is 2.34. The standard InChI is InChI=1S/C18H21N3O2/c22-13-15-9-6-12-21(15)18(23)20-17(14-7-2-1-3-8-14)16-10-4-5-11-19-16/h1-5,7-8,10-11,15,17,22H,6,9,12-13H2,(H,20,23)/t15-,17?/m0/s1. The number of likely N-dealkylation sites (tertiary alicyclic amines) is 1. The lowest BCUT2D eigenvalue weighted by molar-refractivity contribution is 0.155. The number of rotatable bonds is 4. The Morgan fingerprint density at radius 3 is 2.74 bits per heavy atom. The fourth-order valence-electron chi connectivity index (χ4n) is 3.02. The average molecular weight is 311 g/mol. The lowest BCUT2D eigenvalue weighted by atomic mass is 10.0. The number of nitrogens with one attached hydrogen (secondary N) is 1. The smallest absolute Gasteiger partial charge is 0.318 e. The maximum absolute atomic E-state index is 12.6. The molecule has 1 aromatic heterocycles. The number of hydrogen-bond donors (Lipinski definition) is 2. The van der Waals surface area contributed by atoms with Crippen molar-refractivity contribution >= 4 is 6.03 Å². The quantitative estimate of drug-likeness (QED) is 0.911. The van der Waals surface area contributed by atoms with Gasteiger partial charge in [0.2, 0.25) is 0 Å². The summed E-state index contributed by atoms with van der Waals surface area (Å²) in [5, 5.41) is 12.5. The molecule has 2 atom stereocenters. The molecule has 2 heterocycles. The van der Waals surface area contributed by atoms with Crippen LogP contribution in [0.1, 0.15) is 30.1 Å². The summed E-state index contributed by atoms with van der Waals surface area (Å²) < 4.78 is 0.